The Balaban J connectivity index is 1.86. The summed E-state index contributed by atoms with van der Waals surface area (Å²) in [6.07, 6.45) is 0.580. The van der Waals surface area contributed by atoms with Gasteiger partial charge in [0, 0.05) is 24.3 Å². The lowest BCUT2D eigenvalue weighted by atomic mass is 10.2. The molecule has 0 aliphatic carbocycles. The number of nitrogens with zero attached hydrogens (tertiary/aromatic N) is 1. The number of anilines is 1. The monoisotopic (exact) mass is 444 g/mol. The molecule has 10 heteroatoms. The first-order chi connectivity index (χ1) is 13.7. The molecule has 6 nitrogen and oxygen atoms in total. The number of hydrogen-bond donors (Lipinski definition) is 2. The number of carbonyl (C=O) groups excluding carboxylic acids is 1. The highest BCUT2D eigenvalue weighted by atomic mass is 35.5. The third-order valence-corrected chi connectivity index (χ3v) is 6.85. The van der Waals surface area contributed by atoms with Gasteiger partial charge in [-0.25, -0.2) is 17.2 Å². The van der Waals surface area contributed by atoms with E-state index in [0.717, 1.165) is 28.6 Å². The van der Waals surface area contributed by atoms with Gasteiger partial charge in [0.25, 0.3) is 5.91 Å². The predicted molar refractivity (Wildman–Crippen MR) is 104 cm³/mol. The van der Waals surface area contributed by atoms with E-state index in [9.17, 15) is 27.1 Å². The van der Waals surface area contributed by atoms with Crippen LogP contribution in [0.2, 0.25) is 5.02 Å². The molecule has 2 aromatic carbocycles. The van der Waals surface area contributed by atoms with Crippen molar-refractivity contribution < 1.29 is 27.1 Å². The third kappa shape index (κ3) is 4.92. The van der Waals surface area contributed by atoms with Gasteiger partial charge >= 0.3 is 0 Å². The van der Waals surface area contributed by atoms with Crippen LogP contribution < -0.4 is 5.32 Å². The van der Waals surface area contributed by atoms with Gasteiger partial charge in [0.1, 0.15) is 16.5 Å². The lowest BCUT2D eigenvalue weighted by Gasteiger charge is -2.20. The molecule has 29 heavy (non-hydrogen) atoms. The van der Waals surface area contributed by atoms with E-state index in [1.807, 2.05) is 0 Å². The third-order valence-electron chi connectivity index (χ3n) is 4.65. The average Bonchev–Trinajstić information content (AvgIpc) is 2.90. The van der Waals surface area contributed by atoms with Crippen molar-refractivity contribution in [1.29, 1.82) is 0 Å². The van der Waals surface area contributed by atoms with Gasteiger partial charge in [-0.2, -0.15) is 4.31 Å². The molecule has 0 aromatic heterocycles. The largest absolute Gasteiger partial charge is 0.393 e. The minimum atomic E-state index is -4.18. The van der Waals surface area contributed by atoms with Crippen molar-refractivity contribution in [1.82, 2.24) is 4.31 Å². The number of carbonyl (C=O) groups is 1. The molecule has 1 fully saturated rings. The minimum Gasteiger partial charge on any atom is -0.393 e. The molecule has 2 aromatic rings. The van der Waals surface area contributed by atoms with Crippen molar-refractivity contribution in [2.24, 2.45) is 0 Å². The van der Waals surface area contributed by atoms with E-state index >= 15 is 0 Å². The number of halogens is 3. The fourth-order valence-corrected chi connectivity index (χ4v) is 4.82. The minimum absolute atomic E-state index is 0.0629. The van der Waals surface area contributed by atoms with Gasteiger partial charge < -0.3 is 10.4 Å². The summed E-state index contributed by atoms with van der Waals surface area (Å²) in [4.78, 5) is 11.9. The highest BCUT2D eigenvalue weighted by molar-refractivity contribution is 7.89. The first-order valence-corrected chi connectivity index (χ1v) is 10.7. The molecule has 2 N–H and O–H groups in total. The number of hydrogen-bond acceptors (Lipinski definition) is 4. The molecule has 1 saturated heterocycles. The van der Waals surface area contributed by atoms with Crippen LogP contribution in [0.4, 0.5) is 14.5 Å². The number of aliphatic hydroxyl groups excluding tert-OH is 1. The van der Waals surface area contributed by atoms with E-state index < -0.39 is 38.6 Å². The number of rotatable bonds is 4. The molecular weight excluding hydrogens is 426 g/mol. The Morgan fingerprint density at radius 1 is 1.10 bits per heavy atom. The molecule has 1 amide bonds. The first-order valence-electron chi connectivity index (χ1n) is 8.92. The topological polar surface area (TPSA) is 86.7 Å². The standard InChI is InChI=1S/C19H19ClF2N2O4S/c20-15-11-13(4-6-16(15)21)23-19(26)12-3-5-17(22)18(10-12)29(27,28)24-8-1-2-14(25)7-9-24/h3-6,10-11,14,25H,1-2,7-9H2,(H,23,26). The zero-order valence-corrected chi connectivity index (χ0v) is 16.8. The van der Waals surface area contributed by atoms with E-state index in [2.05, 4.69) is 5.32 Å². The van der Waals surface area contributed by atoms with Gasteiger partial charge in [-0.3, -0.25) is 4.79 Å². The van der Waals surface area contributed by atoms with Crippen LogP contribution in [0.3, 0.4) is 0 Å². The zero-order valence-electron chi connectivity index (χ0n) is 15.2. The number of benzene rings is 2. The summed E-state index contributed by atoms with van der Waals surface area (Å²) >= 11 is 5.68. The van der Waals surface area contributed by atoms with Crippen LogP contribution in [0, 0.1) is 11.6 Å². The van der Waals surface area contributed by atoms with Crippen LogP contribution in [-0.2, 0) is 10.0 Å². The number of aliphatic hydroxyl groups is 1. The van der Waals surface area contributed by atoms with E-state index in [1.54, 1.807) is 0 Å². The second-order valence-electron chi connectivity index (χ2n) is 6.72. The normalized spacial score (nSPS) is 18.3. The number of nitrogens with one attached hydrogen (secondary N) is 1. The molecule has 1 atom stereocenters. The van der Waals surface area contributed by atoms with E-state index in [1.165, 1.54) is 12.1 Å². The average molecular weight is 445 g/mol. The molecule has 1 heterocycles. The molecule has 0 bridgehead atoms. The van der Waals surface area contributed by atoms with Gasteiger partial charge in [-0.15, -0.1) is 0 Å². The molecule has 1 unspecified atom stereocenters. The highest BCUT2D eigenvalue weighted by Crippen LogP contribution is 2.25. The number of sulfonamides is 1. The summed E-state index contributed by atoms with van der Waals surface area (Å²) in [7, 11) is -4.18. The van der Waals surface area contributed by atoms with Crippen molar-refractivity contribution in [2.45, 2.75) is 30.3 Å². The molecule has 0 saturated carbocycles. The van der Waals surface area contributed by atoms with Gasteiger partial charge in [-0.1, -0.05) is 11.6 Å². The molecular formula is C19H19ClF2N2O4S. The van der Waals surface area contributed by atoms with Crippen molar-refractivity contribution in [2.75, 3.05) is 18.4 Å². The maximum Gasteiger partial charge on any atom is 0.255 e. The molecule has 156 valence electrons. The molecule has 0 spiro atoms. The first kappa shape index (κ1) is 21.6. The van der Waals surface area contributed by atoms with Crippen molar-refractivity contribution in [3.05, 3.63) is 58.6 Å². The Kier molecular flexibility index (Phi) is 6.52. The second kappa shape index (κ2) is 8.74. The Morgan fingerprint density at radius 3 is 2.55 bits per heavy atom. The maximum absolute atomic E-state index is 14.3. The van der Waals surface area contributed by atoms with E-state index in [4.69, 9.17) is 11.6 Å². The quantitative estimate of drug-likeness (QED) is 0.756. The van der Waals surface area contributed by atoms with Gasteiger partial charge in [0.2, 0.25) is 10.0 Å². The number of amides is 1. The van der Waals surface area contributed by atoms with Crippen LogP contribution in [0.25, 0.3) is 0 Å². The van der Waals surface area contributed by atoms with Gasteiger partial charge in [0.05, 0.1) is 11.1 Å². The van der Waals surface area contributed by atoms with Crippen LogP contribution in [-0.4, -0.2) is 42.9 Å². The van der Waals surface area contributed by atoms with Crippen LogP contribution >= 0.6 is 11.6 Å². The lowest BCUT2D eigenvalue weighted by Crippen LogP contribution is -2.33. The summed E-state index contributed by atoms with van der Waals surface area (Å²) in [6, 6.07) is 6.60. The zero-order chi connectivity index (χ0) is 21.2. The van der Waals surface area contributed by atoms with Gasteiger partial charge in [-0.05, 0) is 55.7 Å². The second-order valence-corrected chi connectivity index (χ2v) is 9.03. The summed E-state index contributed by atoms with van der Waals surface area (Å²) in [5.41, 5.74) is 0.122. The highest BCUT2D eigenvalue weighted by Gasteiger charge is 2.30. The predicted octanol–water partition coefficient (Wildman–Crippen LogP) is 3.41. The lowest BCUT2D eigenvalue weighted by molar-refractivity contribution is 0.102. The van der Waals surface area contributed by atoms with Crippen molar-refractivity contribution >= 4 is 33.2 Å². The van der Waals surface area contributed by atoms with Crippen LogP contribution in [0.15, 0.2) is 41.3 Å². The smallest absolute Gasteiger partial charge is 0.255 e. The van der Waals surface area contributed by atoms with Crippen molar-refractivity contribution in [3.8, 4) is 0 Å². The summed E-state index contributed by atoms with van der Waals surface area (Å²) in [6.45, 7) is 0.219. The molecule has 1 aliphatic rings. The molecule has 0 radical (unpaired) electrons. The SMILES string of the molecule is O=C(Nc1ccc(F)c(Cl)c1)c1ccc(F)c(S(=O)(=O)N2CCCC(O)CC2)c1. The Hall–Kier alpha value is -2.07. The van der Waals surface area contributed by atoms with Crippen molar-refractivity contribution in [3.63, 3.8) is 0 Å². The van der Waals surface area contributed by atoms with Crippen LogP contribution in [0.1, 0.15) is 29.6 Å². The summed E-state index contributed by atoms with van der Waals surface area (Å²) in [5, 5.41) is 12.0. The van der Waals surface area contributed by atoms with E-state index in [-0.39, 0.29) is 35.8 Å². The summed E-state index contributed by atoms with van der Waals surface area (Å²) in [5.74, 6) is -2.33. The summed E-state index contributed by atoms with van der Waals surface area (Å²) < 4.78 is 54.5. The molecule has 1 aliphatic heterocycles. The van der Waals surface area contributed by atoms with Crippen LogP contribution in [0.5, 0.6) is 0 Å². The fraction of sp³-hybridized carbons (Fsp3) is 0.316. The van der Waals surface area contributed by atoms with E-state index in [0.29, 0.717) is 12.8 Å². The Morgan fingerprint density at radius 2 is 1.83 bits per heavy atom. The Bertz CT molecular complexity index is 1030. The Labute approximate surface area is 172 Å². The fourth-order valence-electron chi connectivity index (χ4n) is 3.05. The molecule has 3 rings (SSSR count). The van der Waals surface area contributed by atoms with Gasteiger partial charge in [0.15, 0.2) is 0 Å². The maximum atomic E-state index is 14.3.